The highest BCUT2D eigenvalue weighted by molar-refractivity contribution is 7.19. The summed E-state index contributed by atoms with van der Waals surface area (Å²) in [4.78, 5) is 29.8. The molecule has 0 bridgehead atoms. The number of pyridine rings is 1. The van der Waals surface area contributed by atoms with Crippen molar-refractivity contribution < 1.29 is 24.5 Å². The van der Waals surface area contributed by atoms with E-state index in [1.165, 1.54) is 24.4 Å². The fourth-order valence-corrected chi connectivity index (χ4v) is 4.08. The number of amides is 1. The molecule has 0 spiro atoms. The molecule has 0 aliphatic heterocycles. The van der Waals surface area contributed by atoms with E-state index in [1.807, 2.05) is 0 Å². The average molecular weight is 508 g/mol. The molecule has 0 aliphatic carbocycles. The van der Waals surface area contributed by atoms with Gasteiger partial charge >= 0.3 is 5.97 Å². The molecular weight excluding hydrogens is 482 g/mol. The zero-order valence-electron chi connectivity index (χ0n) is 19.8. The first-order chi connectivity index (χ1) is 17.1. The van der Waals surface area contributed by atoms with Crippen LogP contribution in [0.15, 0.2) is 54.7 Å². The number of carbonyl (C=O) groups excluding carboxylic acids is 2. The van der Waals surface area contributed by atoms with E-state index in [0.29, 0.717) is 16.0 Å². The van der Waals surface area contributed by atoms with Crippen LogP contribution in [0.1, 0.15) is 36.7 Å². The zero-order chi connectivity index (χ0) is 25.9. The standard InChI is InChI=1S/C25H25N5O5S/c1-25(2,3)35-22(34)18(13-14-6-9-16(31)10-7-14)27-23-29-30-24(36-23)28-21(33)17-11-8-15-5-4-12-26-19(15)20(17)32/h4-12,18,31-32H,13H2,1-3H3,(H,27,29)(H,28,30,33)/t18-/m0/s1. The molecule has 0 saturated carbocycles. The van der Waals surface area contributed by atoms with Crippen molar-refractivity contribution in [3.63, 3.8) is 0 Å². The minimum Gasteiger partial charge on any atom is -0.508 e. The fraction of sp³-hybridized carbons (Fsp3) is 0.240. The normalized spacial score (nSPS) is 12.2. The van der Waals surface area contributed by atoms with Crippen molar-refractivity contribution in [1.29, 1.82) is 0 Å². The van der Waals surface area contributed by atoms with Gasteiger partial charge in [-0.2, -0.15) is 0 Å². The van der Waals surface area contributed by atoms with Gasteiger partial charge in [0.25, 0.3) is 5.91 Å². The van der Waals surface area contributed by atoms with Crippen molar-refractivity contribution in [2.45, 2.75) is 38.8 Å². The highest BCUT2D eigenvalue weighted by Gasteiger charge is 2.27. The molecule has 2 aromatic carbocycles. The van der Waals surface area contributed by atoms with E-state index in [4.69, 9.17) is 4.74 Å². The maximum Gasteiger partial charge on any atom is 0.329 e. The first-order valence-electron chi connectivity index (χ1n) is 11.1. The Morgan fingerprint density at radius 2 is 1.75 bits per heavy atom. The molecule has 1 atom stereocenters. The summed E-state index contributed by atoms with van der Waals surface area (Å²) in [7, 11) is 0. The molecule has 4 N–H and O–H groups in total. The van der Waals surface area contributed by atoms with Gasteiger partial charge in [-0.15, -0.1) is 10.2 Å². The van der Waals surface area contributed by atoms with Gasteiger partial charge in [-0.1, -0.05) is 35.6 Å². The Balaban J connectivity index is 1.49. The first kappa shape index (κ1) is 24.9. The molecule has 4 rings (SSSR count). The summed E-state index contributed by atoms with van der Waals surface area (Å²) < 4.78 is 5.55. The molecule has 10 nitrogen and oxygen atoms in total. The average Bonchev–Trinajstić information content (AvgIpc) is 3.26. The Morgan fingerprint density at radius 1 is 1.03 bits per heavy atom. The van der Waals surface area contributed by atoms with Crippen molar-refractivity contribution in [2.24, 2.45) is 0 Å². The number of ether oxygens (including phenoxy) is 1. The molecule has 0 saturated heterocycles. The monoisotopic (exact) mass is 507 g/mol. The van der Waals surface area contributed by atoms with Crippen molar-refractivity contribution in [1.82, 2.24) is 15.2 Å². The van der Waals surface area contributed by atoms with Crippen molar-refractivity contribution in [3.05, 3.63) is 65.9 Å². The van der Waals surface area contributed by atoms with E-state index in [1.54, 1.807) is 51.1 Å². The van der Waals surface area contributed by atoms with E-state index in [0.717, 1.165) is 16.9 Å². The van der Waals surface area contributed by atoms with Crippen molar-refractivity contribution in [2.75, 3.05) is 10.6 Å². The zero-order valence-corrected chi connectivity index (χ0v) is 20.7. The number of aromatic hydroxyl groups is 2. The van der Waals surface area contributed by atoms with Crippen molar-refractivity contribution >= 4 is 44.4 Å². The molecule has 4 aromatic rings. The summed E-state index contributed by atoms with van der Waals surface area (Å²) in [6.07, 6.45) is 1.81. The Hall–Kier alpha value is -4.25. The van der Waals surface area contributed by atoms with E-state index < -0.39 is 23.5 Å². The Kier molecular flexibility index (Phi) is 7.02. The van der Waals surface area contributed by atoms with Crippen LogP contribution in [0.25, 0.3) is 10.9 Å². The number of rotatable bonds is 7. The lowest BCUT2D eigenvalue weighted by molar-refractivity contribution is -0.155. The molecule has 0 unspecified atom stereocenters. The predicted molar refractivity (Wildman–Crippen MR) is 136 cm³/mol. The van der Waals surface area contributed by atoms with Crippen LogP contribution in [0.2, 0.25) is 0 Å². The highest BCUT2D eigenvalue weighted by Crippen LogP contribution is 2.29. The number of esters is 1. The molecule has 2 heterocycles. The summed E-state index contributed by atoms with van der Waals surface area (Å²) in [5.74, 6) is -1.16. The lowest BCUT2D eigenvalue weighted by atomic mass is 10.1. The van der Waals surface area contributed by atoms with Crippen LogP contribution in [0.5, 0.6) is 11.5 Å². The topological polar surface area (TPSA) is 147 Å². The van der Waals surface area contributed by atoms with E-state index in [9.17, 15) is 19.8 Å². The second kappa shape index (κ2) is 10.2. The fourth-order valence-electron chi connectivity index (χ4n) is 3.39. The Bertz CT molecular complexity index is 1400. The van der Waals surface area contributed by atoms with Crippen LogP contribution in [-0.4, -0.2) is 48.9 Å². The summed E-state index contributed by atoms with van der Waals surface area (Å²) in [5, 5.41) is 34.9. The van der Waals surface area contributed by atoms with Crippen LogP contribution in [-0.2, 0) is 16.0 Å². The van der Waals surface area contributed by atoms with E-state index in [2.05, 4.69) is 25.8 Å². The number of phenols is 2. The molecule has 186 valence electrons. The molecule has 36 heavy (non-hydrogen) atoms. The molecule has 2 aromatic heterocycles. The number of aromatic nitrogens is 3. The smallest absolute Gasteiger partial charge is 0.329 e. The lowest BCUT2D eigenvalue weighted by Crippen LogP contribution is -2.38. The number of phenolic OH excluding ortho intramolecular Hbond substituents is 2. The molecule has 1 amide bonds. The van der Waals surface area contributed by atoms with Gasteiger partial charge in [-0.3, -0.25) is 15.1 Å². The first-order valence-corrected chi connectivity index (χ1v) is 11.9. The second-order valence-electron chi connectivity index (χ2n) is 9.00. The number of fused-ring (bicyclic) bond motifs is 1. The van der Waals surface area contributed by atoms with Crippen LogP contribution in [0, 0.1) is 0 Å². The Labute approximate surface area is 211 Å². The molecule has 0 radical (unpaired) electrons. The minimum absolute atomic E-state index is 0.0462. The number of hydrogen-bond acceptors (Lipinski definition) is 10. The largest absolute Gasteiger partial charge is 0.508 e. The summed E-state index contributed by atoms with van der Waals surface area (Å²) in [5.41, 5.74) is 0.474. The third-order valence-corrected chi connectivity index (χ3v) is 5.77. The van der Waals surface area contributed by atoms with Crippen LogP contribution in [0.4, 0.5) is 10.3 Å². The highest BCUT2D eigenvalue weighted by atomic mass is 32.1. The quantitative estimate of drug-likeness (QED) is 0.271. The minimum atomic E-state index is -0.791. The number of anilines is 2. The van der Waals surface area contributed by atoms with Crippen LogP contribution < -0.4 is 10.6 Å². The van der Waals surface area contributed by atoms with Crippen LogP contribution >= 0.6 is 11.3 Å². The third kappa shape index (κ3) is 6.05. The van der Waals surface area contributed by atoms with Gasteiger partial charge < -0.3 is 20.3 Å². The van der Waals surface area contributed by atoms with Gasteiger partial charge in [0.05, 0.1) is 5.56 Å². The number of nitrogens with zero attached hydrogens (tertiary/aromatic N) is 3. The summed E-state index contributed by atoms with van der Waals surface area (Å²) in [6.45, 7) is 5.33. The van der Waals surface area contributed by atoms with Gasteiger partial charge in [0.2, 0.25) is 10.3 Å². The number of benzene rings is 2. The SMILES string of the molecule is CC(C)(C)OC(=O)[C@H](Cc1ccc(O)cc1)Nc1nnc(NC(=O)c2ccc3cccnc3c2O)s1. The molecule has 11 heteroatoms. The lowest BCUT2D eigenvalue weighted by Gasteiger charge is -2.24. The van der Waals surface area contributed by atoms with Gasteiger partial charge in [0, 0.05) is 18.0 Å². The van der Waals surface area contributed by atoms with Crippen LogP contribution in [0.3, 0.4) is 0 Å². The van der Waals surface area contributed by atoms with Gasteiger partial charge in [0.1, 0.15) is 22.9 Å². The molecule has 0 fully saturated rings. The number of nitrogens with one attached hydrogen (secondary N) is 2. The van der Waals surface area contributed by atoms with Gasteiger partial charge in [-0.05, 0) is 50.6 Å². The van der Waals surface area contributed by atoms with Gasteiger partial charge in [-0.25, -0.2) is 4.79 Å². The second-order valence-corrected chi connectivity index (χ2v) is 9.98. The molecular formula is C25H25N5O5S. The van der Waals surface area contributed by atoms with Gasteiger partial charge in [0.15, 0.2) is 5.75 Å². The predicted octanol–water partition coefficient (Wildman–Crippen LogP) is 4.11. The third-order valence-electron chi connectivity index (χ3n) is 5.00. The van der Waals surface area contributed by atoms with E-state index >= 15 is 0 Å². The number of carbonyl (C=O) groups is 2. The number of hydrogen-bond donors (Lipinski definition) is 4. The van der Waals surface area contributed by atoms with E-state index in [-0.39, 0.29) is 28.6 Å². The summed E-state index contributed by atoms with van der Waals surface area (Å²) in [6, 6.07) is 12.4. The maximum atomic E-state index is 12.9. The molecule has 0 aliphatic rings. The maximum absolute atomic E-state index is 12.9. The van der Waals surface area contributed by atoms with Crippen molar-refractivity contribution in [3.8, 4) is 11.5 Å². The Morgan fingerprint density at radius 3 is 2.47 bits per heavy atom. The summed E-state index contributed by atoms with van der Waals surface area (Å²) >= 11 is 1.03.